The first-order valence-corrected chi connectivity index (χ1v) is 8.17. The molecule has 0 aromatic carbocycles. The Labute approximate surface area is 159 Å². The van der Waals surface area contributed by atoms with Crippen molar-refractivity contribution >= 4 is 23.8 Å². The topological polar surface area (TPSA) is 220 Å². The number of halogens is 3. The number of carbonyl (C=O) groups excluding carboxylic acids is 1. The Kier molecular flexibility index (Phi) is 14.2. The Hall–Kier alpha value is -2.61. The number of nitrogens with two attached hydrogens (primary N) is 4. The molecule has 0 fully saturated rings. The molecule has 0 aliphatic rings. The average Bonchev–Trinajstić information content (AvgIpc) is 2.56. The van der Waals surface area contributed by atoms with E-state index in [-0.39, 0.29) is 5.96 Å². The SMILES string of the molecule is NCCCC[C@H](NC(=O)[C@@H](N)CCCN=C(N)N)C(=O)O.O=C(O)C(F)(F)F. The second-order valence-corrected chi connectivity index (χ2v) is 5.54. The Bertz CT molecular complexity index is 526. The third-order valence-corrected chi connectivity index (χ3v) is 3.11. The number of aliphatic carboxylic acids is 2. The van der Waals surface area contributed by atoms with Crippen LogP contribution in [0.4, 0.5) is 13.2 Å². The van der Waals surface area contributed by atoms with Crippen molar-refractivity contribution < 1.29 is 37.8 Å². The molecule has 0 saturated carbocycles. The molecule has 0 unspecified atom stereocenters. The summed E-state index contributed by atoms with van der Waals surface area (Å²) in [5, 5.41) is 18.6. The summed E-state index contributed by atoms with van der Waals surface area (Å²) in [6.07, 6.45) is -2.49. The summed E-state index contributed by atoms with van der Waals surface area (Å²) in [7, 11) is 0. The zero-order chi connectivity index (χ0) is 22.3. The van der Waals surface area contributed by atoms with Crippen LogP contribution in [0.2, 0.25) is 0 Å². The van der Waals surface area contributed by atoms with E-state index in [0.29, 0.717) is 45.2 Å². The highest BCUT2D eigenvalue weighted by Gasteiger charge is 2.38. The second kappa shape index (κ2) is 14.4. The van der Waals surface area contributed by atoms with Gasteiger partial charge in [0, 0.05) is 6.54 Å². The number of carboxylic acids is 2. The predicted molar refractivity (Wildman–Crippen MR) is 94.0 cm³/mol. The number of nitrogens with zero attached hydrogens (tertiary/aromatic N) is 1. The maximum atomic E-state index is 11.8. The van der Waals surface area contributed by atoms with Crippen molar-refractivity contribution in [1.82, 2.24) is 5.32 Å². The van der Waals surface area contributed by atoms with Gasteiger partial charge >= 0.3 is 18.1 Å². The van der Waals surface area contributed by atoms with Gasteiger partial charge in [0.05, 0.1) is 6.04 Å². The lowest BCUT2D eigenvalue weighted by atomic mass is 10.1. The zero-order valence-electron chi connectivity index (χ0n) is 15.1. The highest BCUT2D eigenvalue weighted by atomic mass is 19.4. The van der Waals surface area contributed by atoms with Gasteiger partial charge in [-0.3, -0.25) is 9.79 Å². The van der Waals surface area contributed by atoms with Crippen LogP contribution < -0.4 is 28.3 Å². The van der Waals surface area contributed by atoms with Crippen LogP contribution in [-0.2, 0) is 14.4 Å². The third-order valence-electron chi connectivity index (χ3n) is 3.11. The van der Waals surface area contributed by atoms with Crippen LogP contribution in [0.3, 0.4) is 0 Å². The third kappa shape index (κ3) is 15.6. The van der Waals surface area contributed by atoms with E-state index in [1.54, 1.807) is 0 Å². The molecule has 2 atom stereocenters. The van der Waals surface area contributed by atoms with Crippen LogP contribution in [0.25, 0.3) is 0 Å². The molecular formula is C14H27F3N6O5. The van der Waals surface area contributed by atoms with E-state index < -0.39 is 36.1 Å². The van der Waals surface area contributed by atoms with Crippen LogP contribution in [0, 0.1) is 0 Å². The molecule has 11 N–H and O–H groups in total. The number of rotatable bonds is 11. The number of nitrogens with one attached hydrogen (secondary N) is 1. The van der Waals surface area contributed by atoms with Gasteiger partial charge in [-0.05, 0) is 38.6 Å². The van der Waals surface area contributed by atoms with Gasteiger partial charge in [-0.25, -0.2) is 9.59 Å². The van der Waals surface area contributed by atoms with E-state index in [9.17, 15) is 22.8 Å². The van der Waals surface area contributed by atoms with Crippen molar-refractivity contribution in [3.63, 3.8) is 0 Å². The Morgan fingerprint density at radius 1 is 1.04 bits per heavy atom. The minimum Gasteiger partial charge on any atom is -0.480 e. The van der Waals surface area contributed by atoms with Crippen LogP contribution >= 0.6 is 0 Å². The summed E-state index contributed by atoms with van der Waals surface area (Å²) in [6.45, 7) is 0.868. The van der Waals surface area contributed by atoms with Gasteiger partial charge in [0.2, 0.25) is 5.91 Å². The smallest absolute Gasteiger partial charge is 0.480 e. The first-order chi connectivity index (χ1) is 12.8. The molecule has 0 rings (SSSR count). The predicted octanol–water partition coefficient (Wildman–Crippen LogP) is -1.30. The monoisotopic (exact) mass is 416 g/mol. The largest absolute Gasteiger partial charge is 0.490 e. The number of unbranched alkanes of at least 4 members (excludes halogenated alkanes) is 1. The minimum atomic E-state index is -5.08. The zero-order valence-corrected chi connectivity index (χ0v) is 15.1. The van der Waals surface area contributed by atoms with Gasteiger partial charge in [-0.15, -0.1) is 0 Å². The number of amides is 1. The van der Waals surface area contributed by atoms with Gasteiger partial charge in [-0.1, -0.05) is 0 Å². The van der Waals surface area contributed by atoms with Crippen molar-refractivity contribution in [2.45, 2.75) is 50.4 Å². The van der Waals surface area contributed by atoms with Crippen LogP contribution in [0.15, 0.2) is 4.99 Å². The summed E-state index contributed by atoms with van der Waals surface area (Å²) < 4.78 is 31.7. The van der Waals surface area contributed by atoms with Crippen LogP contribution in [-0.4, -0.2) is 65.4 Å². The second-order valence-electron chi connectivity index (χ2n) is 5.54. The average molecular weight is 416 g/mol. The van der Waals surface area contributed by atoms with Crippen molar-refractivity contribution in [3.8, 4) is 0 Å². The van der Waals surface area contributed by atoms with Crippen molar-refractivity contribution in [1.29, 1.82) is 0 Å². The van der Waals surface area contributed by atoms with Crippen molar-refractivity contribution in [3.05, 3.63) is 0 Å². The van der Waals surface area contributed by atoms with Gasteiger partial charge in [0.15, 0.2) is 5.96 Å². The number of hydrogen-bond acceptors (Lipinski definition) is 6. The summed E-state index contributed by atoms with van der Waals surface area (Å²) >= 11 is 0. The van der Waals surface area contributed by atoms with Crippen molar-refractivity contribution in [2.75, 3.05) is 13.1 Å². The number of hydrogen-bond donors (Lipinski definition) is 7. The Morgan fingerprint density at radius 2 is 1.57 bits per heavy atom. The summed E-state index contributed by atoms with van der Waals surface area (Å²) in [4.78, 5) is 35.5. The molecule has 0 aliphatic heterocycles. The normalized spacial score (nSPS) is 12.8. The number of guanidine groups is 1. The Morgan fingerprint density at radius 3 is 1.96 bits per heavy atom. The standard InChI is InChI=1S/C12H26N6O3.C2HF3O2/c13-6-2-1-5-9(11(20)21)18-10(19)8(14)4-3-7-17-12(15)16;3-2(4,5)1(6)7/h8-9H,1-7,13-14H2,(H,18,19)(H,20,21)(H4,15,16,17);(H,6,7)/t8-,9-;/m0./s1. The molecule has 0 heterocycles. The van der Waals surface area contributed by atoms with E-state index in [4.69, 9.17) is 37.9 Å². The van der Waals surface area contributed by atoms with E-state index in [2.05, 4.69) is 10.3 Å². The summed E-state index contributed by atoms with van der Waals surface area (Å²) in [5.41, 5.74) is 21.4. The lowest BCUT2D eigenvalue weighted by Crippen LogP contribution is -2.48. The first-order valence-electron chi connectivity index (χ1n) is 8.17. The molecule has 0 spiro atoms. The molecule has 1 amide bonds. The Balaban J connectivity index is 0. The highest BCUT2D eigenvalue weighted by molar-refractivity contribution is 5.86. The van der Waals surface area contributed by atoms with E-state index in [1.165, 1.54) is 0 Å². The molecule has 0 radical (unpaired) electrons. The fourth-order valence-electron chi connectivity index (χ4n) is 1.68. The van der Waals surface area contributed by atoms with Gasteiger partial charge in [0.25, 0.3) is 0 Å². The molecule has 0 aromatic rings. The maximum absolute atomic E-state index is 11.8. The highest BCUT2D eigenvalue weighted by Crippen LogP contribution is 2.13. The lowest BCUT2D eigenvalue weighted by Gasteiger charge is -2.17. The lowest BCUT2D eigenvalue weighted by molar-refractivity contribution is -0.192. The van der Waals surface area contributed by atoms with Gasteiger partial charge in [0.1, 0.15) is 6.04 Å². The van der Waals surface area contributed by atoms with E-state index in [1.807, 2.05) is 0 Å². The molecule has 164 valence electrons. The summed E-state index contributed by atoms with van der Waals surface area (Å²) in [6, 6.07) is -1.72. The summed E-state index contributed by atoms with van der Waals surface area (Å²) in [5.74, 6) is -4.33. The number of alkyl halides is 3. The molecular weight excluding hydrogens is 389 g/mol. The molecule has 28 heavy (non-hydrogen) atoms. The quantitative estimate of drug-likeness (QED) is 0.121. The molecule has 0 aliphatic carbocycles. The molecule has 14 heteroatoms. The minimum absolute atomic E-state index is 0.0149. The fraction of sp³-hybridized carbons (Fsp3) is 0.714. The molecule has 11 nitrogen and oxygen atoms in total. The number of aliphatic imine (C=N–C) groups is 1. The number of carbonyl (C=O) groups is 3. The molecule has 0 saturated heterocycles. The van der Waals surface area contributed by atoms with Crippen molar-refractivity contribution in [2.24, 2.45) is 27.9 Å². The first kappa shape index (κ1) is 27.6. The van der Waals surface area contributed by atoms with Gasteiger partial charge in [-0.2, -0.15) is 13.2 Å². The maximum Gasteiger partial charge on any atom is 0.490 e. The molecule has 0 bridgehead atoms. The van der Waals surface area contributed by atoms with Crippen LogP contribution in [0.1, 0.15) is 32.1 Å². The van der Waals surface area contributed by atoms with Crippen LogP contribution in [0.5, 0.6) is 0 Å². The molecule has 0 aromatic heterocycles. The van der Waals surface area contributed by atoms with E-state index in [0.717, 1.165) is 0 Å². The van der Waals surface area contributed by atoms with Gasteiger partial charge < -0.3 is 38.5 Å². The number of carboxylic acid groups (broad SMARTS) is 2. The van der Waals surface area contributed by atoms with E-state index >= 15 is 0 Å². The fourth-order valence-corrected chi connectivity index (χ4v) is 1.68.